The molecular weight excluding hydrogens is 538 g/mol. The van der Waals surface area contributed by atoms with Gasteiger partial charge in [-0.05, 0) is 24.3 Å². The average molecular weight is 576 g/mol. The van der Waals surface area contributed by atoms with Crippen molar-refractivity contribution in [3.63, 3.8) is 0 Å². The molecule has 1 saturated heterocycles. The van der Waals surface area contributed by atoms with Gasteiger partial charge in [0.05, 0.1) is 6.42 Å². The van der Waals surface area contributed by atoms with Crippen LogP contribution >= 0.6 is 0 Å². The van der Waals surface area contributed by atoms with Gasteiger partial charge in [-0.1, -0.05) is 44.2 Å². The normalized spacial score (nSPS) is 22.5. The number of carboxylic acid groups (broad SMARTS) is 1. The van der Waals surface area contributed by atoms with Crippen LogP contribution in [0.15, 0.2) is 35.3 Å². The number of carbonyl (C=O) groups is 6. The minimum atomic E-state index is -1.60. The Hall–Kier alpha value is -4.89. The van der Waals surface area contributed by atoms with E-state index in [9.17, 15) is 33.9 Å². The molecule has 1 aliphatic heterocycles. The maximum absolute atomic E-state index is 13.4. The van der Waals surface area contributed by atoms with Crippen molar-refractivity contribution in [2.45, 2.75) is 63.7 Å². The topological polar surface area (TPSA) is 259 Å². The van der Waals surface area contributed by atoms with Gasteiger partial charge in [-0.2, -0.15) is 0 Å². The molecule has 1 aromatic rings. The van der Waals surface area contributed by atoms with E-state index in [0.29, 0.717) is 5.56 Å². The minimum Gasteiger partial charge on any atom is -0.481 e. The van der Waals surface area contributed by atoms with E-state index in [4.69, 9.17) is 11.5 Å². The smallest absolute Gasteiger partial charge is 0.334 e. The van der Waals surface area contributed by atoms with Crippen LogP contribution in [0.1, 0.15) is 38.7 Å². The van der Waals surface area contributed by atoms with Crippen LogP contribution in [-0.4, -0.2) is 77.4 Å². The second-order valence-electron chi connectivity index (χ2n) is 9.73. The Labute approximate surface area is 236 Å². The van der Waals surface area contributed by atoms with Gasteiger partial charge in [0.1, 0.15) is 24.2 Å². The second-order valence-corrected chi connectivity index (χ2v) is 9.73. The molecule has 16 heteroatoms. The van der Waals surface area contributed by atoms with Crippen molar-refractivity contribution in [1.29, 1.82) is 0 Å². The number of carbonyl (C=O) groups excluding carboxylic acids is 5. The van der Waals surface area contributed by atoms with Crippen molar-refractivity contribution in [2.24, 2.45) is 22.4 Å². The third kappa shape index (κ3) is 11.0. The molecule has 224 valence electrons. The third-order valence-electron chi connectivity index (χ3n) is 6.04. The first-order valence-corrected chi connectivity index (χ1v) is 13.0. The maximum atomic E-state index is 13.4. The summed E-state index contributed by atoms with van der Waals surface area (Å²) in [4.78, 5) is 80.4. The summed E-state index contributed by atoms with van der Waals surface area (Å²) < 4.78 is 0. The lowest BCUT2D eigenvalue weighted by atomic mass is 10.00. The van der Waals surface area contributed by atoms with Crippen molar-refractivity contribution in [3.8, 4) is 0 Å². The molecule has 1 aliphatic rings. The number of carboxylic acids is 1. The van der Waals surface area contributed by atoms with E-state index in [1.54, 1.807) is 44.2 Å². The van der Waals surface area contributed by atoms with Crippen molar-refractivity contribution < 1.29 is 33.9 Å². The highest BCUT2D eigenvalue weighted by atomic mass is 16.4. The molecule has 11 N–H and O–H groups in total. The van der Waals surface area contributed by atoms with Gasteiger partial charge in [0.2, 0.25) is 17.7 Å². The van der Waals surface area contributed by atoms with Gasteiger partial charge >= 0.3 is 12.0 Å². The molecule has 0 aromatic heterocycles. The van der Waals surface area contributed by atoms with Crippen molar-refractivity contribution in [1.82, 2.24) is 32.1 Å². The van der Waals surface area contributed by atoms with Crippen LogP contribution in [-0.2, 0) is 30.4 Å². The molecule has 2 rings (SSSR count). The minimum absolute atomic E-state index is 0.00426. The Kier molecular flexibility index (Phi) is 12.3. The van der Waals surface area contributed by atoms with E-state index in [-0.39, 0.29) is 31.8 Å². The molecule has 4 atom stereocenters. The molecular formula is C25H37N9O7. The van der Waals surface area contributed by atoms with Gasteiger partial charge in [-0.25, -0.2) is 10.2 Å². The second kappa shape index (κ2) is 15.6. The number of hydrogen-bond donors (Lipinski definition) is 9. The molecule has 0 saturated carbocycles. The monoisotopic (exact) mass is 575 g/mol. The van der Waals surface area contributed by atoms with E-state index in [2.05, 4.69) is 31.7 Å². The lowest BCUT2D eigenvalue weighted by Gasteiger charge is -2.27. The fourth-order valence-corrected chi connectivity index (χ4v) is 3.94. The summed E-state index contributed by atoms with van der Waals surface area (Å²) >= 11 is 0. The Morgan fingerprint density at radius 2 is 1.49 bits per heavy atom. The Balaban J connectivity index is 2.43. The van der Waals surface area contributed by atoms with Crippen LogP contribution < -0.4 is 43.6 Å². The number of nitrogens with one attached hydrogen (secondary N) is 6. The molecule has 6 amide bonds. The molecule has 0 bridgehead atoms. The molecule has 0 unspecified atom stereocenters. The largest absolute Gasteiger partial charge is 0.481 e. The van der Waals surface area contributed by atoms with Crippen molar-refractivity contribution in [3.05, 3.63) is 35.9 Å². The molecule has 1 aromatic carbocycles. The predicted molar refractivity (Wildman–Crippen MR) is 147 cm³/mol. The molecule has 1 heterocycles. The summed E-state index contributed by atoms with van der Waals surface area (Å²) in [5.41, 5.74) is 15.5. The number of aliphatic imine (C=N–C) groups is 1. The Morgan fingerprint density at radius 1 is 0.854 bits per heavy atom. The van der Waals surface area contributed by atoms with Gasteiger partial charge in [0, 0.05) is 13.0 Å². The number of urea groups is 1. The molecule has 16 nitrogen and oxygen atoms in total. The fraction of sp³-hybridized carbons (Fsp3) is 0.480. The van der Waals surface area contributed by atoms with E-state index < -0.39 is 72.1 Å². The predicted octanol–water partition coefficient (Wildman–Crippen LogP) is -2.42. The summed E-state index contributed by atoms with van der Waals surface area (Å²) in [5.74, 6) is -5.15. The maximum Gasteiger partial charge on any atom is 0.334 e. The number of benzene rings is 1. The molecule has 0 spiro atoms. The lowest BCUT2D eigenvalue weighted by Crippen LogP contribution is -2.59. The molecule has 0 radical (unpaired) electrons. The van der Waals surface area contributed by atoms with Crippen molar-refractivity contribution in [2.75, 3.05) is 6.54 Å². The molecule has 0 aliphatic carbocycles. The van der Waals surface area contributed by atoms with Gasteiger partial charge in [-0.15, -0.1) is 0 Å². The zero-order chi connectivity index (χ0) is 30.5. The summed E-state index contributed by atoms with van der Waals surface area (Å²) in [6.07, 6.45) is -0.465. The Bertz CT molecular complexity index is 1140. The summed E-state index contributed by atoms with van der Waals surface area (Å²) in [7, 11) is 0. The zero-order valence-electron chi connectivity index (χ0n) is 22.8. The van der Waals surface area contributed by atoms with Crippen LogP contribution in [0.2, 0.25) is 0 Å². The third-order valence-corrected chi connectivity index (χ3v) is 6.04. The van der Waals surface area contributed by atoms with Gasteiger partial charge in [-0.3, -0.25) is 34.4 Å². The SMILES string of the molecule is CC(C)[C@H]1NC(=O)[C@H](Cc2ccccc2)NC(=O)[C@H](CC(=O)O)NC(=O)NNC(=O)[C@H](CCCN=C(N)N)NC1=O. The first kappa shape index (κ1) is 32.3. The number of guanidine groups is 1. The van der Waals surface area contributed by atoms with E-state index in [1.807, 2.05) is 5.43 Å². The number of nitrogens with zero attached hydrogens (tertiary/aromatic N) is 1. The van der Waals surface area contributed by atoms with Crippen molar-refractivity contribution >= 4 is 41.6 Å². The lowest BCUT2D eigenvalue weighted by molar-refractivity contribution is -0.140. The van der Waals surface area contributed by atoms with Crippen LogP contribution in [0.5, 0.6) is 0 Å². The van der Waals surface area contributed by atoms with E-state index in [1.165, 1.54) is 0 Å². The van der Waals surface area contributed by atoms with Crippen LogP contribution in [0.25, 0.3) is 0 Å². The number of nitrogens with two attached hydrogens (primary N) is 2. The molecule has 41 heavy (non-hydrogen) atoms. The quantitative estimate of drug-likeness (QED) is 0.0861. The first-order chi connectivity index (χ1) is 19.4. The van der Waals surface area contributed by atoms with Gasteiger partial charge in [0.15, 0.2) is 5.96 Å². The highest BCUT2D eigenvalue weighted by Crippen LogP contribution is 2.09. The zero-order valence-corrected chi connectivity index (χ0v) is 22.8. The van der Waals surface area contributed by atoms with Crippen LogP contribution in [0.3, 0.4) is 0 Å². The van der Waals surface area contributed by atoms with E-state index >= 15 is 0 Å². The highest BCUT2D eigenvalue weighted by molar-refractivity contribution is 5.97. The fourth-order valence-electron chi connectivity index (χ4n) is 3.94. The summed E-state index contributed by atoms with van der Waals surface area (Å²) in [6.45, 7) is 3.53. The van der Waals surface area contributed by atoms with Gasteiger partial charge in [0.25, 0.3) is 5.91 Å². The first-order valence-electron chi connectivity index (χ1n) is 13.0. The number of rotatable bonds is 9. The average Bonchev–Trinajstić information content (AvgIpc) is 2.90. The number of aliphatic carboxylic acids is 1. The standard InChI is InChI=1S/C25H37N9O7/c1-13(2)19-23(40)29-15(9-6-10-28-24(26)27)22(39)33-34-25(41)31-17(12-18(35)36)20(37)30-16(21(38)32-19)11-14-7-4-3-5-8-14/h3-5,7-8,13,15-17,19H,6,9-12H2,1-2H3,(H,29,40)(H,30,37)(H,32,38)(H,33,39)(H,35,36)(H4,26,27,28)(H2,31,34,41)/t15-,16-,17-,19+/m0/s1. The Morgan fingerprint density at radius 3 is 2.10 bits per heavy atom. The number of hydrazine groups is 1. The highest BCUT2D eigenvalue weighted by Gasteiger charge is 2.34. The number of hydrogen-bond acceptors (Lipinski definition) is 7. The van der Waals surface area contributed by atoms with E-state index in [0.717, 1.165) is 0 Å². The van der Waals surface area contributed by atoms with Gasteiger partial charge < -0.3 is 37.8 Å². The summed E-state index contributed by atoms with van der Waals surface area (Å²) in [5, 5.41) is 19.2. The van der Waals surface area contributed by atoms with Crippen LogP contribution in [0.4, 0.5) is 4.79 Å². The number of amides is 6. The summed E-state index contributed by atoms with van der Waals surface area (Å²) in [6, 6.07) is 2.49. The molecule has 1 fully saturated rings. The van der Waals surface area contributed by atoms with Crippen LogP contribution in [0, 0.1) is 5.92 Å².